The molecule has 0 bridgehead atoms. The molecule has 0 fully saturated rings. The number of rotatable bonds is 6. The van der Waals surface area contributed by atoms with Crippen LogP contribution in [0.2, 0.25) is 0 Å². The fourth-order valence-electron chi connectivity index (χ4n) is 2.20. The molecule has 1 aromatic heterocycles. The molecule has 2 aromatic rings. The largest absolute Gasteiger partial charge is 0.496 e. The Hall–Kier alpha value is -1.32. The zero-order valence-corrected chi connectivity index (χ0v) is 12.6. The second-order valence-corrected chi connectivity index (χ2v) is 5.57. The third-order valence-corrected chi connectivity index (χ3v) is 4.34. The summed E-state index contributed by atoms with van der Waals surface area (Å²) in [6, 6.07) is 11.1. The van der Waals surface area contributed by atoms with E-state index in [-0.39, 0.29) is 0 Å². The number of likely N-dealkylation sites (N-methyl/N-ethyl adjacent to an activating group) is 1. The topological polar surface area (TPSA) is 21.3 Å². The summed E-state index contributed by atoms with van der Waals surface area (Å²) in [6.45, 7) is 5.29. The molecule has 0 spiro atoms. The summed E-state index contributed by atoms with van der Waals surface area (Å²) in [7, 11) is 1.72. The van der Waals surface area contributed by atoms with Crippen LogP contribution in [0.4, 0.5) is 0 Å². The van der Waals surface area contributed by atoms with Crippen molar-refractivity contribution in [3.63, 3.8) is 0 Å². The lowest BCUT2D eigenvalue weighted by Gasteiger charge is -2.17. The zero-order valence-electron chi connectivity index (χ0n) is 11.8. The molecule has 1 atom stereocenters. The second kappa shape index (κ2) is 6.73. The van der Waals surface area contributed by atoms with Gasteiger partial charge in [0.2, 0.25) is 0 Å². The summed E-state index contributed by atoms with van der Waals surface area (Å²) in [5.74, 6) is 0.952. The zero-order chi connectivity index (χ0) is 13.7. The van der Waals surface area contributed by atoms with E-state index in [0.29, 0.717) is 6.04 Å². The number of hydrogen-bond donors (Lipinski definition) is 1. The first-order valence-corrected chi connectivity index (χ1v) is 7.53. The molecule has 0 aliphatic heterocycles. The van der Waals surface area contributed by atoms with E-state index < -0.39 is 0 Å². The number of thiophene rings is 1. The molecule has 0 amide bonds. The molecule has 0 radical (unpaired) electrons. The van der Waals surface area contributed by atoms with Gasteiger partial charge in [-0.2, -0.15) is 0 Å². The number of aryl methyl sites for hydroxylation is 1. The van der Waals surface area contributed by atoms with Crippen molar-refractivity contribution in [2.24, 2.45) is 0 Å². The quantitative estimate of drug-likeness (QED) is 0.861. The molecule has 19 heavy (non-hydrogen) atoms. The first kappa shape index (κ1) is 14.1. The number of hydrogen-bond acceptors (Lipinski definition) is 3. The van der Waals surface area contributed by atoms with Crippen LogP contribution >= 0.6 is 11.3 Å². The van der Waals surface area contributed by atoms with E-state index in [2.05, 4.69) is 54.9 Å². The van der Waals surface area contributed by atoms with Crippen molar-refractivity contribution < 1.29 is 4.74 Å². The lowest BCUT2D eigenvalue weighted by Crippen LogP contribution is -2.22. The van der Waals surface area contributed by atoms with Crippen LogP contribution < -0.4 is 10.1 Å². The fourth-order valence-corrected chi connectivity index (χ4v) is 3.13. The average Bonchev–Trinajstić information content (AvgIpc) is 2.89. The van der Waals surface area contributed by atoms with E-state index in [0.717, 1.165) is 18.7 Å². The van der Waals surface area contributed by atoms with Crippen LogP contribution in [0.15, 0.2) is 35.7 Å². The average molecular weight is 275 g/mol. The van der Waals surface area contributed by atoms with Crippen LogP contribution in [0.25, 0.3) is 0 Å². The van der Waals surface area contributed by atoms with Gasteiger partial charge in [0.15, 0.2) is 0 Å². The number of benzene rings is 1. The summed E-state index contributed by atoms with van der Waals surface area (Å²) in [6.07, 6.45) is 1.02. The summed E-state index contributed by atoms with van der Waals surface area (Å²) < 4.78 is 5.28. The fraction of sp³-hybridized carbons (Fsp3) is 0.375. The van der Waals surface area contributed by atoms with Crippen LogP contribution in [0.5, 0.6) is 5.75 Å². The molecule has 0 saturated heterocycles. The summed E-state index contributed by atoms with van der Waals surface area (Å²) in [4.78, 5) is 1.34. The van der Waals surface area contributed by atoms with Gasteiger partial charge in [-0.15, -0.1) is 11.3 Å². The highest BCUT2D eigenvalue weighted by Gasteiger charge is 2.14. The van der Waals surface area contributed by atoms with Gasteiger partial charge >= 0.3 is 0 Å². The highest BCUT2D eigenvalue weighted by molar-refractivity contribution is 7.10. The smallest absolute Gasteiger partial charge is 0.129 e. The van der Waals surface area contributed by atoms with E-state index in [4.69, 9.17) is 4.74 Å². The summed E-state index contributed by atoms with van der Waals surface area (Å²) >= 11 is 1.76. The normalized spacial score (nSPS) is 12.4. The van der Waals surface area contributed by atoms with Crippen molar-refractivity contribution in [3.8, 4) is 5.75 Å². The molecule has 2 nitrogen and oxygen atoms in total. The summed E-state index contributed by atoms with van der Waals surface area (Å²) in [5, 5.41) is 5.63. The van der Waals surface area contributed by atoms with E-state index in [1.807, 2.05) is 0 Å². The van der Waals surface area contributed by atoms with E-state index in [1.54, 1.807) is 18.4 Å². The lowest BCUT2D eigenvalue weighted by atomic mass is 10.0. The van der Waals surface area contributed by atoms with Gasteiger partial charge in [0.1, 0.15) is 5.75 Å². The molecule has 102 valence electrons. The maximum atomic E-state index is 5.28. The van der Waals surface area contributed by atoms with Gasteiger partial charge in [-0.1, -0.05) is 31.2 Å². The monoisotopic (exact) mass is 275 g/mol. The molecular formula is C16H21NOS. The van der Waals surface area contributed by atoms with Crippen LogP contribution in [0.1, 0.15) is 29.0 Å². The van der Waals surface area contributed by atoms with Crippen molar-refractivity contribution in [3.05, 3.63) is 51.7 Å². The van der Waals surface area contributed by atoms with E-state index >= 15 is 0 Å². The Morgan fingerprint density at radius 3 is 2.74 bits per heavy atom. The standard InChI is InChI=1S/C16H21NOS/c1-4-17-15(16-10-14(18-3)11-19-16)9-13-8-6-5-7-12(13)2/h5-8,10-11,15,17H,4,9H2,1-3H3. The van der Waals surface area contributed by atoms with Crippen LogP contribution in [0.3, 0.4) is 0 Å². The SMILES string of the molecule is CCNC(Cc1ccccc1C)c1cc(OC)cs1. The Morgan fingerprint density at radius 1 is 1.32 bits per heavy atom. The Balaban J connectivity index is 2.18. The van der Waals surface area contributed by atoms with Gasteiger partial charge in [0, 0.05) is 16.3 Å². The molecule has 2 rings (SSSR count). The number of nitrogens with one attached hydrogen (secondary N) is 1. The van der Waals surface area contributed by atoms with Crippen molar-refractivity contribution in [2.45, 2.75) is 26.3 Å². The third kappa shape index (κ3) is 3.58. The highest BCUT2D eigenvalue weighted by atomic mass is 32.1. The van der Waals surface area contributed by atoms with Crippen molar-refractivity contribution in [2.75, 3.05) is 13.7 Å². The van der Waals surface area contributed by atoms with Crippen LogP contribution in [-0.2, 0) is 6.42 Å². The van der Waals surface area contributed by atoms with E-state index in [9.17, 15) is 0 Å². The molecule has 0 aliphatic carbocycles. The van der Waals surface area contributed by atoms with Gasteiger partial charge in [-0.25, -0.2) is 0 Å². The van der Waals surface area contributed by atoms with Gasteiger partial charge in [0.25, 0.3) is 0 Å². The van der Waals surface area contributed by atoms with Crippen molar-refractivity contribution in [1.29, 1.82) is 0 Å². The van der Waals surface area contributed by atoms with Gasteiger partial charge in [0.05, 0.1) is 7.11 Å². The van der Waals surface area contributed by atoms with Crippen LogP contribution in [0, 0.1) is 6.92 Å². The molecule has 0 saturated carbocycles. The molecule has 3 heteroatoms. The molecule has 0 aliphatic rings. The molecule has 1 N–H and O–H groups in total. The maximum absolute atomic E-state index is 5.28. The predicted molar refractivity (Wildman–Crippen MR) is 82.2 cm³/mol. The molecule has 1 heterocycles. The maximum Gasteiger partial charge on any atom is 0.129 e. The highest BCUT2D eigenvalue weighted by Crippen LogP contribution is 2.29. The summed E-state index contributed by atoms with van der Waals surface area (Å²) in [5.41, 5.74) is 2.76. The van der Waals surface area contributed by atoms with E-state index in [1.165, 1.54) is 16.0 Å². The first-order valence-electron chi connectivity index (χ1n) is 6.65. The number of methoxy groups -OCH3 is 1. The van der Waals surface area contributed by atoms with Crippen molar-refractivity contribution >= 4 is 11.3 Å². The van der Waals surface area contributed by atoms with Gasteiger partial charge in [-0.3, -0.25) is 0 Å². The minimum absolute atomic E-state index is 0.361. The predicted octanol–water partition coefficient (Wildman–Crippen LogP) is 3.96. The first-order chi connectivity index (χ1) is 9.24. The van der Waals surface area contributed by atoms with Gasteiger partial charge < -0.3 is 10.1 Å². The van der Waals surface area contributed by atoms with Gasteiger partial charge in [-0.05, 0) is 37.1 Å². The second-order valence-electron chi connectivity index (χ2n) is 4.63. The Morgan fingerprint density at radius 2 is 2.11 bits per heavy atom. The molecular weight excluding hydrogens is 254 g/mol. The lowest BCUT2D eigenvalue weighted by molar-refractivity contribution is 0.415. The number of ether oxygens (including phenoxy) is 1. The Kier molecular flexibility index (Phi) is 5.00. The minimum atomic E-state index is 0.361. The minimum Gasteiger partial charge on any atom is -0.496 e. The Bertz CT molecular complexity index is 521. The molecule has 1 aromatic carbocycles. The molecule has 1 unspecified atom stereocenters. The van der Waals surface area contributed by atoms with Crippen molar-refractivity contribution in [1.82, 2.24) is 5.32 Å². The third-order valence-electron chi connectivity index (χ3n) is 3.31. The van der Waals surface area contributed by atoms with Crippen LogP contribution in [-0.4, -0.2) is 13.7 Å². The Labute approximate surface area is 119 Å².